The molecule has 54 valence electrons. The second-order valence-corrected chi connectivity index (χ2v) is 2.37. The molecule has 0 amide bonds. The van der Waals surface area contributed by atoms with E-state index in [2.05, 4.69) is 25.2 Å². The van der Waals surface area contributed by atoms with Gasteiger partial charge in [-0.3, -0.25) is 0 Å². The van der Waals surface area contributed by atoms with E-state index in [0.29, 0.717) is 0 Å². The molecule has 0 atom stereocenters. The van der Waals surface area contributed by atoms with Gasteiger partial charge in [-0.25, -0.2) is 0 Å². The molecule has 2 N–H and O–H groups in total. The summed E-state index contributed by atoms with van der Waals surface area (Å²) in [6, 6.07) is 0. The zero-order valence-corrected chi connectivity index (χ0v) is 6.30. The van der Waals surface area contributed by atoms with E-state index in [1.165, 1.54) is 5.57 Å². The van der Waals surface area contributed by atoms with E-state index in [4.69, 9.17) is 5.73 Å². The number of nitrogens with two attached hydrogens (primary N) is 1. The minimum Gasteiger partial charge on any atom is -0.399 e. The highest BCUT2D eigenvalue weighted by Crippen LogP contribution is 2.11. The number of hydrogen-bond acceptors (Lipinski definition) is 1. The van der Waals surface area contributed by atoms with E-state index in [-0.39, 0.29) is 0 Å². The van der Waals surface area contributed by atoms with Crippen molar-refractivity contribution in [3.63, 3.8) is 0 Å². The Kier molecular flexibility index (Phi) is 2.32. The van der Waals surface area contributed by atoms with Crippen molar-refractivity contribution in [2.24, 2.45) is 5.73 Å². The van der Waals surface area contributed by atoms with E-state index < -0.39 is 0 Å². The maximum absolute atomic E-state index is 5.73. The zero-order chi connectivity index (χ0) is 7.40. The fourth-order valence-electron chi connectivity index (χ4n) is 1.01. The Morgan fingerprint density at radius 3 is 2.80 bits per heavy atom. The summed E-state index contributed by atoms with van der Waals surface area (Å²) < 4.78 is 0. The van der Waals surface area contributed by atoms with Crippen molar-refractivity contribution in [1.29, 1.82) is 0 Å². The van der Waals surface area contributed by atoms with Crippen LogP contribution < -0.4 is 5.73 Å². The Bertz CT molecular complexity index is 197. The SMILES string of the molecule is CCC1=C(N)C=CCC=C1. The Labute approximate surface area is 61.9 Å². The molecule has 1 aliphatic rings. The van der Waals surface area contributed by atoms with Gasteiger partial charge in [-0.15, -0.1) is 0 Å². The van der Waals surface area contributed by atoms with Crippen molar-refractivity contribution in [1.82, 2.24) is 0 Å². The first-order chi connectivity index (χ1) is 4.84. The average molecular weight is 135 g/mol. The van der Waals surface area contributed by atoms with Crippen LogP contribution in [0.3, 0.4) is 0 Å². The van der Waals surface area contributed by atoms with Gasteiger partial charge in [0.2, 0.25) is 0 Å². The molecule has 0 spiro atoms. The first kappa shape index (κ1) is 7.13. The van der Waals surface area contributed by atoms with Crippen molar-refractivity contribution in [2.45, 2.75) is 19.8 Å². The number of allylic oxidation sites excluding steroid dienone is 5. The monoisotopic (exact) mass is 135 g/mol. The highest BCUT2D eigenvalue weighted by atomic mass is 14.6. The van der Waals surface area contributed by atoms with Gasteiger partial charge in [0, 0.05) is 5.70 Å². The third kappa shape index (κ3) is 1.50. The van der Waals surface area contributed by atoms with Crippen molar-refractivity contribution in [2.75, 3.05) is 0 Å². The van der Waals surface area contributed by atoms with Crippen LogP contribution in [0.15, 0.2) is 35.6 Å². The summed E-state index contributed by atoms with van der Waals surface area (Å²) in [5, 5.41) is 0. The molecule has 0 heterocycles. The van der Waals surface area contributed by atoms with Gasteiger partial charge in [-0.2, -0.15) is 0 Å². The minimum atomic E-state index is 0.913. The molecule has 1 heteroatoms. The van der Waals surface area contributed by atoms with Crippen LogP contribution in [0.4, 0.5) is 0 Å². The maximum atomic E-state index is 5.73. The van der Waals surface area contributed by atoms with Crippen LogP contribution >= 0.6 is 0 Å². The highest BCUT2D eigenvalue weighted by molar-refractivity contribution is 5.33. The summed E-state index contributed by atoms with van der Waals surface area (Å²) in [5.41, 5.74) is 7.89. The van der Waals surface area contributed by atoms with Crippen LogP contribution in [0.5, 0.6) is 0 Å². The maximum Gasteiger partial charge on any atom is 0.0343 e. The topological polar surface area (TPSA) is 26.0 Å². The summed E-state index contributed by atoms with van der Waals surface area (Å²) in [6.07, 6.45) is 10.3. The van der Waals surface area contributed by atoms with E-state index >= 15 is 0 Å². The van der Waals surface area contributed by atoms with E-state index in [1.54, 1.807) is 0 Å². The normalized spacial score (nSPS) is 17.7. The molecule has 0 saturated heterocycles. The van der Waals surface area contributed by atoms with E-state index in [9.17, 15) is 0 Å². The van der Waals surface area contributed by atoms with Gasteiger partial charge in [0.05, 0.1) is 0 Å². The summed E-state index contributed by atoms with van der Waals surface area (Å²) in [7, 11) is 0. The molecule has 0 saturated carbocycles. The predicted molar refractivity (Wildman–Crippen MR) is 44.4 cm³/mol. The first-order valence-electron chi connectivity index (χ1n) is 3.66. The summed E-state index contributed by atoms with van der Waals surface area (Å²) >= 11 is 0. The van der Waals surface area contributed by atoms with Crippen LogP contribution in [0.1, 0.15) is 19.8 Å². The Morgan fingerprint density at radius 2 is 2.10 bits per heavy atom. The zero-order valence-electron chi connectivity index (χ0n) is 6.30. The van der Waals surface area contributed by atoms with Crippen LogP contribution in [0.2, 0.25) is 0 Å². The second-order valence-electron chi connectivity index (χ2n) is 2.37. The molecule has 0 radical (unpaired) electrons. The van der Waals surface area contributed by atoms with Crippen LogP contribution in [-0.2, 0) is 0 Å². The van der Waals surface area contributed by atoms with Gasteiger partial charge in [-0.1, -0.05) is 25.2 Å². The van der Waals surface area contributed by atoms with Crippen LogP contribution in [-0.4, -0.2) is 0 Å². The van der Waals surface area contributed by atoms with Crippen molar-refractivity contribution >= 4 is 0 Å². The van der Waals surface area contributed by atoms with Gasteiger partial charge in [0.15, 0.2) is 0 Å². The number of hydrogen-bond donors (Lipinski definition) is 1. The first-order valence-corrected chi connectivity index (χ1v) is 3.66. The summed E-state index contributed by atoms with van der Waals surface area (Å²) in [4.78, 5) is 0. The van der Waals surface area contributed by atoms with Gasteiger partial charge in [0.25, 0.3) is 0 Å². The molecule has 0 aromatic rings. The van der Waals surface area contributed by atoms with Crippen LogP contribution in [0.25, 0.3) is 0 Å². The molecule has 0 fully saturated rings. The Balaban J connectivity index is 2.88. The van der Waals surface area contributed by atoms with Crippen molar-refractivity contribution in [3.8, 4) is 0 Å². The molecule has 0 aliphatic heterocycles. The average Bonchev–Trinajstić information content (AvgIpc) is 2.13. The molecular formula is C9H13N. The minimum absolute atomic E-state index is 0.913. The Morgan fingerprint density at radius 1 is 1.40 bits per heavy atom. The molecule has 0 unspecified atom stereocenters. The predicted octanol–water partition coefficient (Wildman–Crippen LogP) is 2.13. The lowest BCUT2D eigenvalue weighted by Gasteiger charge is -1.98. The molecule has 1 aliphatic carbocycles. The van der Waals surface area contributed by atoms with Crippen molar-refractivity contribution in [3.05, 3.63) is 35.6 Å². The summed E-state index contributed by atoms with van der Waals surface area (Å²) in [6.45, 7) is 2.12. The Hall–Kier alpha value is -0.980. The van der Waals surface area contributed by atoms with Gasteiger partial charge < -0.3 is 5.73 Å². The van der Waals surface area contributed by atoms with E-state index in [1.807, 2.05) is 6.08 Å². The van der Waals surface area contributed by atoms with Gasteiger partial charge in [0.1, 0.15) is 0 Å². The third-order valence-electron chi connectivity index (χ3n) is 1.64. The molecule has 10 heavy (non-hydrogen) atoms. The fourth-order valence-corrected chi connectivity index (χ4v) is 1.01. The summed E-state index contributed by atoms with van der Waals surface area (Å²) in [5.74, 6) is 0. The molecule has 0 aromatic heterocycles. The second kappa shape index (κ2) is 3.25. The third-order valence-corrected chi connectivity index (χ3v) is 1.64. The molecule has 0 aromatic carbocycles. The molecular weight excluding hydrogens is 122 g/mol. The van der Waals surface area contributed by atoms with Crippen molar-refractivity contribution < 1.29 is 0 Å². The lowest BCUT2D eigenvalue weighted by atomic mass is 10.1. The standard InChI is InChI=1S/C9H13N/c1-2-8-6-4-3-5-7-9(8)10/h4-7H,2-3,10H2,1H3. The fraction of sp³-hybridized carbons (Fsp3) is 0.333. The molecule has 0 bridgehead atoms. The lowest BCUT2D eigenvalue weighted by Crippen LogP contribution is -1.96. The van der Waals surface area contributed by atoms with Crippen LogP contribution in [0, 0.1) is 0 Å². The lowest BCUT2D eigenvalue weighted by molar-refractivity contribution is 1.11. The molecule has 1 nitrogen and oxygen atoms in total. The smallest absolute Gasteiger partial charge is 0.0343 e. The van der Waals surface area contributed by atoms with Gasteiger partial charge >= 0.3 is 0 Å². The highest BCUT2D eigenvalue weighted by Gasteiger charge is 1.95. The van der Waals surface area contributed by atoms with Gasteiger partial charge in [-0.05, 0) is 24.5 Å². The number of rotatable bonds is 1. The van der Waals surface area contributed by atoms with E-state index in [0.717, 1.165) is 18.5 Å². The largest absolute Gasteiger partial charge is 0.399 e. The quantitative estimate of drug-likeness (QED) is 0.585. The molecule has 1 rings (SSSR count).